The highest BCUT2D eigenvalue weighted by Crippen LogP contribution is 2.23. The first kappa shape index (κ1) is 24.2. The minimum absolute atomic E-state index is 0. The lowest BCUT2D eigenvalue weighted by atomic mass is 10.1. The second kappa shape index (κ2) is 11.9. The Bertz CT molecular complexity index is 719. The van der Waals surface area contributed by atoms with Crippen molar-refractivity contribution in [3.63, 3.8) is 0 Å². The number of ketones is 1. The fraction of sp³-hybridized carbons (Fsp3) is 0.350. The first-order valence-corrected chi connectivity index (χ1v) is 9.30. The molecule has 0 unspecified atom stereocenters. The van der Waals surface area contributed by atoms with Crippen molar-refractivity contribution in [3.8, 4) is 0 Å². The summed E-state index contributed by atoms with van der Waals surface area (Å²) in [5.41, 5.74) is 2.26. The van der Waals surface area contributed by atoms with E-state index in [1.54, 1.807) is 12.1 Å². The Labute approximate surface area is 183 Å². The number of Topliss-reactive ketones (excluding diaryl/α,β-unsaturated/α-hetero) is 1. The van der Waals surface area contributed by atoms with Crippen molar-refractivity contribution in [2.45, 2.75) is 13.0 Å². The molecule has 0 radical (unpaired) electrons. The molecule has 7 heteroatoms. The summed E-state index contributed by atoms with van der Waals surface area (Å²) < 4.78 is 0. The summed E-state index contributed by atoms with van der Waals surface area (Å²) in [6.45, 7) is 5.33. The maximum atomic E-state index is 12.3. The molecular weight excluding hydrogens is 426 g/mol. The van der Waals surface area contributed by atoms with E-state index in [0.29, 0.717) is 23.0 Å². The molecule has 148 valence electrons. The van der Waals surface area contributed by atoms with Gasteiger partial charge in [-0.25, -0.2) is 0 Å². The molecule has 0 spiro atoms. The molecule has 0 N–H and O–H groups in total. The SMILES string of the molecule is Cl.Cl.O=C(Cc1ccc(Cl)c(Cl)c1)CN1CCN(Cc2ccccc2)CC1. The van der Waals surface area contributed by atoms with E-state index < -0.39 is 0 Å². The van der Waals surface area contributed by atoms with Crippen LogP contribution < -0.4 is 0 Å². The van der Waals surface area contributed by atoms with Crippen molar-refractivity contribution in [1.82, 2.24) is 9.80 Å². The summed E-state index contributed by atoms with van der Waals surface area (Å²) in [4.78, 5) is 17.0. The fourth-order valence-corrected chi connectivity index (χ4v) is 3.45. The molecule has 0 aliphatic carbocycles. The Kier molecular flexibility index (Phi) is 10.7. The number of nitrogens with zero attached hydrogens (tertiary/aromatic N) is 2. The van der Waals surface area contributed by atoms with E-state index in [9.17, 15) is 4.79 Å². The third kappa shape index (κ3) is 7.61. The van der Waals surface area contributed by atoms with Crippen LogP contribution in [0.25, 0.3) is 0 Å². The summed E-state index contributed by atoms with van der Waals surface area (Å²) >= 11 is 11.9. The molecule has 0 bridgehead atoms. The number of hydrogen-bond donors (Lipinski definition) is 0. The summed E-state index contributed by atoms with van der Waals surface area (Å²) in [5.74, 6) is 0.217. The zero-order valence-corrected chi connectivity index (χ0v) is 18.1. The Morgan fingerprint density at radius 2 is 1.44 bits per heavy atom. The predicted molar refractivity (Wildman–Crippen MR) is 118 cm³/mol. The highest BCUT2D eigenvalue weighted by atomic mass is 35.5. The molecule has 1 fully saturated rings. The molecule has 1 heterocycles. The highest BCUT2D eigenvalue weighted by molar-refractivity contribution is 6.42. The van der Waals surface area contributed by atoms with Gasteiger partial charge in [0.25, 0.3) is 0 Å². The molecule has 0 amide bonds. The Hall–Kier alpha value is -0.810. The molecule has 2 aromatic carbocycles. The molecular formula is C20H24Cl4N2O. The van der Waals surface area contributed by atoms with E-state index in [1.165, 1.54) is 5.56 Å². The van der Waals surface area contributed by atoms with Gasteiger partial charge in [-0.3, -0.25) is 14.6 Å². The second-order valence-electron chi connectivity index (χ2n) is 6.50. The number of hydrogen-bond acceptors (Lipinski definition) is 3. The molecule has 0 aromatic heterocycles. The number of carbonyl (C=O) groups is 1. The zero-order chi connectivity index (χ0) is 17.6. The van der Waals surface area contributed by atoms with Crippen molar-refractivity contribution < 1.29 is 4.79 Å². The fourth-order valence-electron chi connectivity index (χ4n) is 3.13. The number of halogens is 4. The van der Waals surface area contributed by atoms with Crippen LogP contribution in [0.3, 0.4) is 0 Å². The molecule has 1 saturated heterocycles. The van der Waals surface area contributed by atoms with Crippen LogP contribution in [0.5, 0.6) is 0 Å². The normalized spacial score (nSPS) is 14.9. The molecule has 0 atom stereocenters. The lowest BCUT2D eigenvalue weighted by molar-refractivity contribution is -0.120. The van der Waals surface area contributed by atoms with Gasteiger partial charge in [-0.2, -0.15) is 0 Å². The van der Waals surface area contributed by atoms with E-state index >= 15 is 0 Å². The molecule has 0 saturated carbocycles. The molecule has 3 rings (SSSR count). The first-order chi connectivity index (χ1) is 12.1. The summed E-state index contributed by atoms with van der Waals surface area (Å²) in [7, 11) is 0. The van der Waals surface area contributed by atoms with Crippen LogP contribution in [0, 0.1) is 0 Å². The maximum absolute atomic E-state index is 12.3. The standard InChI is InChI=1S/C20H22Cl2N2O.2ClH/c21-19-7-6-17(13-20(19)22)12-18(25)15-24-10-8-23(9-11-24)14-16-4-2-1-3-5-16;;/h1-7,13H,8-12,14-15H2;2*1H. The van der Waals surface area contributed by atoms with Crippen LogP contribution in [0.15, 0.2) is 48.5 Å². The minimum atomic E-state index is 0. The van der Waals surface area contributed by atoms with Gasteiger partial charge in [-0.15, -0.1) is 24.8 Å². The van der Waals surface area contributed by atoms with Crippen LogP contribution in [0.4, 0.5) is 0 Å². The number of piperazine rings is 1. The zero-order valence-electron chi connectivity index (χ0n) is 14.9. The van der Waals surface area contributed by atoms with Gasteiger partial charge >= 0.3 is 0 Å². The topological polar surface area (TPSA) is 23.6 Å². The summed E-state index contributed by atoms with van der Waals surface area (Å²) in [6.07, 6.45) is 0.404. The van der Waals surface area contributed by atoms with E-state index in [2.05, 4.69) is 34.1 Å². The minimum Gasteiger partial charge on any atom is -0.298 e. The van der Waals surface area contributed by atoms with Crippen molar-refractivity contribution in [2.75, 3.05) is 32.7 Å². The van der Waals surface area contributed by atoms with Gasteiger partial charge in [0.05, 0.1) is 16.6 Å². The monoisotopic (exact) mass is 448 g/mol. The van der Waals surface area contributed by atoms with Gasteiger partial charge in [0, 0.05) is 39.1 Å². The number of carbonyl (C=O) groups excluding carboxylic acids is 1. The highest BCUT2D eigenvalue weighted by Gasteiger charge is 2.19. The average molecular weight is 450 g/mol. The van der Waals surface area contributed by atoms with Crippen molar-refractivity contribution in [3.05, 3.63) is 69.7 Å². The number of rotatable bonds is 6. The third-order valence-corrected chi connectivity index (χ3v) is 5.24. The smallest absolute Gasteiger partial charge is 0.151 e. The lowest BCUT2D eigenvalue weighted by Crippen LogP contribution is -2.47. The predicted octanol–water partition coefficient (Wildman–Crippen LogP) is 4.77. The Morgan fingerprint density at radius 3 is 2.07 bits per heavy atom. The van der Waals surface area contributed by atoms with Crippen LogP contribution >= 0.6 is 48.0 Å². The molecule has 1 aliphatic heterocycles. The van der Waals surface area contributed by atoms with Crippen LogP contribution in [0.1, 0.15) is 11.1 Å². The van der Waals surface area contributed by atoms with Gasteiger partial charge in [0.1, 0.15) is 0 Å². The van der Waals surface area contributed by atoms with Crippen molar-refractivity contribution in [2.24, 2.45) is 0 Å². The third-order valence-electron chi connectivity index (χ3n) is 4.50. The lowest BCUT2D eigenvalue weighted by Gasteiger charge is -2.34. The van der Waals surface area contributed by atoms with Crippen molar-refractivity contribution >= 4 is 53.8 Å². The van der Waals surface area contributed by atoms with Gasteiger partial charge in [0.15, 0.2) is 5.78 Å². The van der Waals surface area contributed by atoms with E-state index in [-0.39, 0.29) is 30.6 Å². The van der Waals surface area contributed by atoms with Gasteiger partial charge in [-0.05, 0) is 23.3 Å². The molecule has 1 aliphatic rings. The van der Waals surface area contributed by atoms with E-state index in [4.69, 9.17) is 23.2 Å². The quantitative estimate of drug-likeness (QED) is 0.634. The van der Waals surface area contributed by atoms with E-state index in [1.807, 2.05) is 12.1 Å². The molecule has 2 aromatic rings. The van der Waals surface area contributed by atoms with Crippen LogP contribution in [-0.4, -0.2) is 48.3 Å². The van der Waals surface area contributed by atoms with Crippen LogP contribution in [0.2, 0.25) is 10.0 Å². The summed E-state index contributed by atoms with van der Waals surface area (Å²) in [5, 5.41) is 1.02. The van der Waals surface area contributed by atoms with E-state index in [0.717, 1.165) is 38.3 Å². The second-order valence-corrected chi connectivity index (χ2v) is 7.32. The average Bonchev–Trinajstić information content (AvgIpc) is 2.61. The molecule has 3 nitrogen and oxygen atoms in total. The van der Waals surface area contributed by atoms with Gasteiger partial charge in [0.2, 0.25) is 0 Å². The number of benzene rings is 2. The Morgan fingerprint density at radius 1 is 0.815 bits per heavy atom. The summed E-state index contributed by atoms with van der Waals surface area (Å²) in [6, 6.07) is 15.9. The Balaban J connectivity index is 0.00000182. The van der Waals surface area contributed by atoms with Crippen molar-refractivity contribution in [1.29, 1.82) is 0 Å². The molecule has 27 heavy (non-hydrogen) atoms. The maximum Gasteiger partial charge on any atom is 0.151 e. The van der Waals surface area contributed by atoms with Gasteiger partial charge < -0.3 is 0 Å². The van der Waals surface area contributed by atoms with Gasteiger partial charge in [-0.1, -0.05) is 59.6 Å². The van der Waals surface area contributed by atoms with Crippen LogP contribution in [-0.2, 0) is 17.8 Å². The first-order valence-electron chi connectivity index (χ1n) is 8.54. The largest absolute Gasteiger partial charge is 0.298 e.